The number of anilines is 1. The Morgan fingerprint density at radius 2 is 1.51 bits per heavy atom. The zero-order chi connectivity index (χ0) is 33.3. The van der Waals surface area contributed by atoms with E-state index in [1.807, 2.05) is 0 Å². The van der Waals surface area contributed by atoms with Crippen molar-refractivity contribution >= 4 is 50.7 Å². The number of benzene rings is 3. The zero-order valence-electron chi connectivity index (χ0n) is 25.9. The minimum atomic E-state index is -4.48. The van der Waals surface area contributed by atoms with Crippen molar-refractivity contribution in [3.05, 3.63) is 70.2 Å². The van der Waals surface area contributed by atoms with Crippen LogP contribution in [0.2, 0.25) is 10.0 Å². The maximum atomic E-state index is 14.4. The normalized spacial score (nSPS) is 11.7. The average Bonchev–Trinajstić information content (AvgIpc) is 3.03. The summed E-state index contributed by atoms with van der Waals surface area (Å²) < 4.78 is 51.2. The van der Waals surface area contributed by atoms with Crippen LogP contribution in [0.3, 0.4) is 0 Å². The Balaban J connectivity index is 2.22. The molecule has 0 heterocycles. The molecule has 3 aromatic carbocycles. The number of halogens is 2. The predicted octanol–water partition coefficient (Wildman–Crippen LogP) is 5.17. The van der Waals surface area contributed by atoms with E-state index in [2.05, 4.69) is 5.32 Å². The number of carbonyl (C=O) groups is 2. The summed E-state index contributed by atoms with van der Waals surface area (Å²) in [6.45, 7) is 3.05. The van der Waals surface area contributed by atoms with Crippen molar-refractivity contribution in [2.24, 2.45) is 0 Å². The molecule has 0 radical (unpaired) electrons. The van der Waals surface area contributed by atoms with Crippen molar-refractivity contribution in [1.82, 2.24) is 10.2 Å². The standard InChI is InChI=1S/C31H37Cl2N3O8S/c1-7-25(31(38)34-8-2)35(18-20-9-10-21(32)15-24(20)33)30(37)19-36(26-16-22(41-3)11-13-27(26)42-4)45(39,40)23-12-14-28(43-5)29(17-23)44-6/h9-17,25H,7-8,18-19H2,1-6H3,(H,34,38)/t25-/m0/s1. The van der Waals surface area contributed by atoms with Gasteiger partial charge in [-0.3, -0.25) is 13.9 Å². The summed E-state index contributed by atoms with van der Waals surface area (Å²) >= 11 is 12.6. The van der Waals surface area contributed by atoms with Crippen LogP contribution in [0.25, 0.3) is 0 Å². The molecule has 14 heteroatoms. The molecule has 11 nitrogen and oxygen atoms in total. The van der Waals surface area contributed by atoms with Gasteiger partial charge in [-0.25, -0.2) is 8.42 Å². The van der Waals surface area contributed by atoms with Crippen LogP contribution >= 0.6 is 23.2 Å². The van der Waals surface area contributed by atoms with Crippen molar-refractivity contribution < 1.29 is 37.0 Å². The van der Waals surface area contributed by atoms with Gasteiger partial charge in [-0.15, -0.1) is 0 Å². The number of methoxy groups -OCH3 is 4. The highest BCUT2D eigenvalue weighted by atomic mass is 35.5. The monoisotopic (exact) mass is 681 g/mol. The first-order valence-corrected chi connectivity index (χ1v) is 16.1. The Labute approximate surface area is 274 Å². The quantitative estimate of drug-likeness (QED) is 0.233. The molecule has 0 aliphatic heterocycles. The SMILES string of the molecule is CCNC(=O)[C@H](CC)N(Cc1ccc(Cl)cc1Cl)C(=O)CN(c1cc(OC)ccc1OC)S(=O)(=O)c1ccc(OC)c(OC)c1. The number of sulfonamides is 1. The summed E-state index contributed by atoms with van der Waals surface area (Å²) in [6.07, 6.45) is 0.244. The third-order valence-corrected chi connectivity index (χ3v) is 9.31. The lowest BCUT2D eigenvalue weighted by Gasteiger charge is -2.33. The molecule has 0 bridgehead atoms. The van der Waals surface area contributed by atoms with E-state index in [0.717, 1.165) is 4.31 Å². The summed E-state index contributed by atoms with van der Waals surface area (Å²) in [5.74, 6) is -0.0969. The van der Waals surface area contributed by atoms with E-state index >= 15 is 0 Å². The van der Waals surface area contributed by atoms with Crippen molar-refractivity contribution in [3.8, 4) is 23.0 Å². The van der Waals surface area contributed by atoms with Gasteiger partial charge in [0.25, 0.3) is 10.0 Å². The average molecular weight is 683 g/mol. The van der Waals surface area contributed by atoms with Gasteiger partial charge in [-0.1, -0.05) is 36.2 Å². The molecule has 45 heavy (non-hydrogen) atoms. The highest BCUT2D eigenvalue weighted by Crippen LogP contribution is 2.38. The van der Waals surface area contributed by atoms with Crippen LogP contribution in [0.15, 0.2) is 59.5 Å². The Bertz CT molecular complexity index is 1620. The molecular weight excluding hydrogens is 645 g/mol. The summed E-state index contributed by atoms with van der Waals surface area (Å²) in [5.41, 5.74) is 0.556. The maximum Gasteiger partial charge on any atom is 0.265 e. The second-order valence-electron chi connectivity index (χ2n) is 9.64. The molecule has 1 atom stereocenters. The zero-order valence-corrected chi connectivity index (χ0v) is 28.3. The van der Waals surface area contributed by atoms with Gasteiger partial charge in [0.05, 0.1) is 39.0 Å². The number of carbonyl (C=O) groups excluding carboxylic acids is 2. The highest BCUT2D eigenvalue weighted by Gasteiger charge is 2.35. The molecule has 0 spiro atoms. The third-order valence-electron chi connectivity index (χ3n) is 6.97. The number of rotatable bonds is 15. The second kappa shape index (κ2) is 15.9. The van der Waals surface area contributed by atoms with E-state index in [1.54, 1.807) is 32.0 Å². The Kier molecular flexibility index (Phi) is 12.6. The van der Waals surface area contributed by atoms with E-state index < -0.39 is 34.4 Å². The molecule has 1 N–H and O–H groups in total. The molecule has 244 valence electrons. The third kappa shape index (κ3) is 8.24. The fourth-order valence-corrected chi connectivity index (χ4v) is 6.55. The molecule has 2 amide bonds. The fourth-order valence-electron chi connectivity index (χ4n) is 4.65. The topological polar surface area (TPSA) is 124 Å². The van der Waals surface area contributed by atoms with Gasteiger partial charge in [0.15, 0.2) is 11.5 Å². The number of ether oxygens (including phenoxy) is 4. The van der Waals surface area contributed by atoms with Crippen molar-refractivity contribution in [2.75, 3.05) is 45.8 Å². The van der Waals surface area contributed by atoms with Crippen molar-refractivity contribution in [1.29, 1.82) is 0 Å². The lowest BCUT2D eigenvalue weighted by molar-refractivity contribution is -0.140. The number of hydrogen-bond acceptors (Lipinski definition) is 8. The maximum absolute atomic E-state index is 14.4. The van der Waals surface area contributed by atoms with Gasteiger partial charge in [-0.05, 0) is 55.3 Å². The van der Waals surface area contributed by atoms with Crippen molar-refractivity contribution in [3.63, 3.8) is 0 Å². The highest BCUT2D eigenvalue weighted by molar-refractivity contribution is 7.92. The molecule has 3 aromatic rings. The lowest BCUT2D eigenvalue weighted by Crippen LogP contribution is -2.52. The molecule has 0 saturated heterocycles. The predicted molar refractivity (Wildman–Crippen MR) is 173 cm³/mol. The van der Waals surface area contributed by atoms with Crippen LogP contribution in [0, 0.1) is 0 Å². The van der Waals surface area contributed by atoms with Gasteiger partial charge in [0.2, 0.25) is 11.8 Å². The van der Waals surface area contributed by atoms with E-state index in [1.165, 1.54) is 69.7 Å². The minimum Gasteiger partial charge on any atom is -0.497 e. The number of likely N-dealkylation sites (N-methyl/N-ethyl adjacent to an activating group) is 1. The Hall–Kier alpha value is -3.87. The summed E-state index contributed by atoms with van der Waals surface area (Å²) in [6, 6.07) is 12.5. The summed E-state index contributed by atoms with van der Waals surface area (Å²) in [7, 11) is 1.14. The van der Waals surface area contributed by atoms with Crippen LogP contribution in [-0.4, -0.2) is 72.7 Å². The smallest absolute Gasteiger partial charge is 0.265 e. The minimum absolute atomic E-state index is 0.0375. The first-order chi connectivity index (χ1) is 21.4. The van der Waals surface area contributed by atoms with Crippen LogP contribution < -0.4 is 28.6 Å². The summed E-state index contributed by atoms with van der Waals surface area (Å²) in [5, 5.41) is 3.44. The van der Waals surface area contributed by atoms with Gasteiger partial charge in [-0.2, -0.15) is 0 Å². The number of amides is 2. The number of hydrogen-bond donors (Lipinski definition) is 1. The van der Waals surface area contributed by atoms with Crippen LogP contribution in [0.1, 0.15) is 25.8 Å². The van der Waals surface area contributed by atoms with Crippen molar-refractivity contribution in [2.45, 2.75) is 37.8 Å². The van der Waals surface area contributed by atoms with Gasteiger partial charge < -0.3 is 29.2 Å². The van der Waals surface area contributed by atoms with E-state index in [9.17, 15) is 18.0 Å². The fraction of sp³-hybridized carbons (Fsp3) is 0.355. The molecule has 0 aliphatic carbocycles. The van der Waals surface area contributed by atoms with Crippen LogP contribution in [0.4, 0.5) is 5.69 Å². The second-order valence-corrected chi connectivity index (χ2v) is 12.3. The summed E-state index contributed by atoms with van der Waals surface area (Å²) in [4.78, 5) is 28.6. The Morgan fingerprint density at radius 3 is 2.09 bits per heavy atom. The first kappa shape index (κ1) is 35.6. The van der Waals surface area contributed by atoms with Gasteiger partial charge in [0, 0.05) is 35.3 Å². The largest absolute Gasteiger partial charge is 0.497 e. The molecule has 0 unspecified atom stereocenters. The number of nitrogens with one attached hydrogen (secondary N) is 1. The van der Waals surface area contributed by atoms with E-state index in [-0.39, 0.29) is 40.1 Å². The van der Waals surface area contributed by atoms with Gasteiger partial charge in [0.1, 0.15) is 24.1 Å². The lowest BCUT2D eigenvalue weighted by atomic mass is 10.1. The molecular formula is C31H37Cl2N3O8S. The Morgan fingerprint density at radius 1 is 0.844 bits per heavy atom. The van der Waals surface area contributed by atoms with E-state index in [4.69, 9.17) is 42.1 Å². The molecule has 3 rings (SSSR count). The molecule has 0 fully saturated rings. The molecule has 0 aliphatic rings. The number of nitrogens with zero attached hydrogens (tertiary/aromatic N) is 2. The van der Waals surface area contributed by atoms with Crippen LogP contribution in [-0.2, 0) is 26.2 Å². The van der Waals surface area contributed by atoms with E-state index in [0.29, 0.717) is 28.6 Å². The van der Waals surface area contributed by atoms with Gasteiger partial charge >= 0.3 is 0 Å². The van der Waals surface area contributed by atoms with Crippen LogP contribution in [0.5, 0.6) is 23.0 Å². The molecule has 0 aromatic heterocycles. The first-order valence-electron chi connectivity index (χ1n) is 13.9. The molecule has 0 saturated carbocycles.